The highest BCUT2D eigenvalue weighted by Crippen LogP contribution is 2.36. The van der Waals surface area contributed by atoms with Crippen LogP contribution < -0.4 is 0 Å². The second-order valence-electron chi connectivity index (χ2n) is 13.8. The van der Waals surface area contributed by atoms with Gasteiger partial charge < -0.3 is 89.7 Å². The van der Waals surface area contributed by atoms with E-state index in [-0.39, 0.29) is 30.9 Å². The summed E-state index contributed by atoms with van der Waals surface area (Å²) in [5.41, 5.74) is 0.854. The number of rotatable bonds is 13. The number of phenols is 4. The topological polar surface area (TPSA) is 315 Å². The summed E-state index contributed by atoms with van der Waals surface area (Å²) in [4.78, 5) is 13.3. The van der Waals surface area contributed by atoms with Gasteiger partial charge in [0.2, 0.25) is 0 Å². The molecule has 2 aromatic carbocycles. The average molecular weight is 785 g/mol. The van der Waals surface area contributed by atoms with Gasteiger partial charge in [0.15, 0.2) is 35.6 Å². The zero-order valence-corrected chi connectivity index (χ0v) is 29.5. The average Bonchev–Trinajstić information content (AvgIpc) is 3.16. The van der Waals surface area contributed by atoms with Gasteiger partial charge >= 0.3 is 5.97 Å². The van der Waals surface area contributed by atoms with Crippen molar-refractivity contribution in [2.75, 3.05) is 19.8 Å². The molecule has 0 amide bonds. The van der Waals surface area contributed by atoms with Crippen molar-refractivity contribution in [3.05, 3.63) is 53.6 Å². The fraction of sp³-hybridized carbons (Fsp3) is 0.583. The Morgan fingerprint density at radius 2 is 1.40 bits per heavy atom. The third kappa shape index (κ3) is 10.0. The van der Waals surface area contributed by atoms with E-state index in [9.17, 15) is 66.1 Å². The minimum absolute atomic E-state index is 0.0645. The molecule has 0 radical (unpaired) electrons. The van der Waals surface area contributed by atoms with Crippen LogP contribution in [0.1, 0.15) is 24.5 Å². The Labute approximate surface area is 314 Å². The van der Waals surface area contributed by atoms with Crippen LogP contribution in [0.15, 0.2) is 42.5 Å². The first-order valence-corrected chi connectivity index (χ1v) is 17.6. The summed E-state index contributed by atoms with van der Waals surface area (Å²) >= 11 is 0. The molecule has 306 valence electrons. The Balaban J connectivity index is 1.44. The smallest absolute Gasteiger partial charge is 0.331 e. The van der Waals surface area contributed by atoms with Crippen LogP contribution in [0.3, 0.4) is 0 Å². The molecule has 1 aliphatic carbocycles. The minimum Gasteiger partial charge on any atom is -0.504 e. The van der Waals surface area contributed by atoms with Gasteiger partial charge in [-0.25, -0.2) is 4.79 Å². The molecule has 0 unspecified atom stereocenters. The van der Waals surface area contributed by atoms with E-state index in [1.165, 1.54) is 43.3 Å². The first kappa shape index (κ1) is 42.5. The molecule has 1 saturated carbocycles. The van der Waals surface area contributed by atoms with Gasteiger partial charge in [-0.2, -0.15) is 0 Å². The van der Waals surface area contributed by atoms with Crippen LogP contribution in [0.2, 0.25) is 0 Å². The van der Waals surface area contributed by atoms with Gasteiger partial charge in [0.25, 0.3) is 0 Å². The van der Waals surface area contributed by atoms with Crippen LogP contribution in [0.5, 0.6) is 23.0 Å². The van der Waals surface area contributed by atoms with E-state index < -0.39 is 122 Å². The van der Waals surface area contributed by atoms with Crippen molar-refractivity contribution in [1.29, 1.82) is 0 Å². The number of hydrogen-bond acceptors (Lipinski definition) is 19. The Kier molecular flexibility index (Phi) is 14.3. The van der Waals surface area contributed by atoms with E-state index in [1.807, 2.05) is 0 Å². The van der Waals surface area contributed by atoms with Gasteiger partial charge in [-0.1, -0.05) is 12.1 Å². The normalized spacial score (nSPS) is 36.9. The van der Waals surface area contributed by atoms with Crippen LogP contribution in [0.4, 0.5) is 0 Å². The highest BCUT2D eigenvalue weighted by molar-refractivity contribution is 5.87. The zero-order chi connectivity index (χ0) is 40.1. The number of esters is 1. The maximum Gasteiger partial charge on any atom is 0.331 e. The monoisotopic (exact) mass is 784 g/mol. The number of benzene rings is 2. The SMILES string of the molecule is C[C@H]1O[C@@H](OC[C@@H]2C[C@@H](OCCc3ccc(O)c(O)c3)[C@H](O)[C@@H](O[C@H]3O[C@H](CO)[C@@H](O)[C@H](O)[C@H]3O)[C@@H]2OC(=O)C=Cc2ccc(O)c(O)c2)[C@H](O)[C@H](O)[C@H]1O. The van der Waals surface area contributed by atoms with Crippen molar-refractivity contribution in [2.45, 2.75) is 106 Å². The molecule has 0 bridgehead atoms. The van der Waals surface area contributed by atoms with Crippen LogP contribution in [0.25, 0.3) is 6.08 Å². The van der Waals surface area contributed by atoms with Crippen molar-refractivity contribution in [1.82, 2.24) is 0 Å². The number of hydrogen-bond donors (Lipinski definition) is 12. The molecule has 2 heterocycles. The summed E-state index contributed by atoms with van der Waals surface area (Å²) in [5.74, 6) is -3.54. The molecule has 3 fully saturated rings. The summed E-state index contributed by atoms with van der Waals surface area (Å²) in [5, 5.41) is 123. The molecule has 55 heavy (non-hydrogen) atoms. The first-order chi connectivity index (χ1) is 26.1. The molecule has 0 aromatic heterocycles. The second-order valence-corrected chi connectivity index (χ2v) is 13.8. The van der Waals surface area contributed by atoms with Crippen LogP contribution in [-0.4, -0.2) is 173 Å². The predicted molar refractivity (Wildman–Crippen MR) is 183 cm³/mol. The highest BCUT2D eigenvalue weighted by atomic mass is 16.7. The Bertz CT molecular complexity index is 1600. The van der Waals surface area contributed by atoms with Crippen molar-refractivity contribution in [3.63, 3.8) is 0 Å². The lowest BCUT2D eigenvalue weighted by Crippen LogP contribution is -2.64. The number of aromatic hydroxyl groups is 4. The molecule has 15 atom stereocenters. The van der Waals surface area contributed by atoms with Crippen molar-refractivity contribution >= 4 is 12.0 Å². The van der Waals surface area contributed by atoms with E-state index in [0.717, 1.165) is 6.08 Å². The molecule has 0 spiro atoms. The number of carbonyl (C=O) groups is 1. The Morgan fingerprint density at radius 1 is 0.745 bits per heavy atom. The minimum atomic E-state index is -1.93. The van der Waals surface area contributed by atoms with E-state index in [4.69, 9.17) is 28.4 Å². The summed E-state index contributed by atoms with van der Waals surface area (Å²) in [6, 6.07) is 7.92. The molecule has 19 heteroatoms. The van der Waals surface area contributed by atoms with Gasteiger partial charge in [0, 0.05) is 12.0 Å². The lowest BCUT2D eigenvalue weighted by molar-refractivity contribution is -0.336. The molecule has 2 saturated heterocycles. The lowest BCUT2D eigenvalue weighted by atomic mass is 9.80. The van der Waals surface area contributed by atoms with Crippen molar-refractivity contribution in [2.24, 2.45) is 5.92 Å². The largest absolute Gasteiger partial charge is 0.504 e. The summed E-state index contributed by atoms with van der Waals surface area (Å²) in [6.45, 7) is 0.161. The fourth-order valence-electron chi connectivity index (χ4n) is 6.64. The van der Waals surface area contributed by atoms with E-state index in [0.29, 0.717) is 11.1 Å². The third-order valence-electron chi connectivity index (χ3n) is 9.89. The van der Waals surface area contributed by atoms with Crippen LogP contribution in [-0.2, 0) is 39.6 Å². The van der Waals surface area contributed by atoms with Crippen molar-refractivity contribution in [3.8, 4) is 23.0 Å². The predicted octanol–water partition coefficient (Wildman–Crippen LogP) is -2.53. The standard InChI is InChI=1S/C36H48O19/c1-15-26(43)29(46)31(48)35(52-15)51-14-18-12-23(50-9-8-17-3-6-20(39)22(41)11-17)28(45)34(55-36-32(49)30(47)27(44)24(13-37)53-36)33(18)54-25(42)7-4-16-2-5-19(38)21(40)10-16/h2-7,10-11,15,18,23-24,26-41,43-49H,8-9,12-14H2,1H3/t15-,18+,23-,24-,26+,27-,28+,29-,30+,31-,32-,33-,34-,35-,36-/m1/s1. The molecular formula is C36H48O19. The lowest BCUT2D eigenvalue weighted by Gasteiger charge is -2.47. The summed E-state index contributed by atoms with van der Waals surface area (Å²) in [7, 11) is 0. The molecular weight excluding hydrogens is 736 g/mol. The van der Waals surface area contributed by atoms with Gasteiger partial charge in [-0.15, -0.1) is 0 Å². The Hall–Kier alpha value is -3.67. The van der Waals surface area contributed by atoms with E-state index in [1.54, 1.807) is 6.07 Å². The van der Waals surface area contributed by atoms with Gasteiger partial charge in [-0.05, 0) is 61.2 Å². The van der Waals surface area contributed by atoms with Crippen LogP contribution >= 0.6 is 0 Å². The molecule has 5 rings (SSSR count). The van der Waals surface area contributed by atoms with Crippen molar-refractivity contribution < 1.29 is 94.5 Å². The third-order valence-corrected chi connectivity index (χ3v) is 9.89. The maximum absolute atomic E-state index is 13.3. The number of carbonyl (C=O) groups excluding carboxylic acids is 1. The summed E-state index contributed by atoms with van der Waals surface area (Å²) in [6.07, 6.45) is -19.6. The molecule has 2 aromatic rings. The Morgan fingerprint density at radius 3 is 2.07 bits per heavy atom. The number of ether oxygens (including phenoxy) is 6. The molecule has 2 aliphatic heterocycles. The number of phenolic OH excluding ortho intramolecular Hbond substituents is 4. The highest BCUT2D eigenvalue weighted by Gasteiger charge is 2.53. The molecule has 19 nitrogen and oxygen atoms in total. The first-order valence-electron chi connectivity index (χ1n) is 17.6. The van der Waals surface area contributed by atoms with Gasteiger partial charge in [0.1, 0.15) is 61.0 Å². The van der Waals surface area contributed by atoms with Crippen LogP contribution in [0, 0.1) is 5.92 Å². The fourth-order valence-corrected chi connectivity index (χ4v) is 6.64. The number of aliphatic hydroxyl groups is 8. The maximum atomic E-state index is 13.3. The van der Waals surface area contributed by atoms with Gasteiger partial charge in [-0.3, -0.25) is 0 Å². The quantitative estimate of drug-likeness (QED) is 0.0566. The zero-order valence-electron chi connectivity index (χ0n) is 29.5. The number of aliphatic hydroxyl groups excluding tert-OH is 8. The molecule has 12 N–H and O–H groups in total. The molecule has 3 aliphatic rings. The second kappa shape index (κ2) is 18.5. The summed E-state index contributed by atoms with van der Waals surface area (Å²) < 4.78 is 34.8. The van der Waals surface area contributed by atoms with E-state index >= 15 is 0 Å². The van der Waals surface area contributed by atoms with Gasteiger partial charge in [0.05, 0.1) is 32.0 Å². The van der Waals surface area contributed by atoms with E-state index in [2.05, 4.69) is 0 Å².